The first-order chi connectivity index (χ1) is 9.29. The van der Waals surface area contributed by atoms with Crippen molar-refractivity contribution in [1.82, 2.24) is 10.2 Å². The third-order valence-electron chi connectivity index (χ3n) is 4.10. The Kier molecular flexibility index (Phi) is 5.87. The zero-order chi connectivity index (χ0) is 13.5. The summed E-state index contributed by atoms with van der Waals surface area (Å²) in [5.41, 5.74) is 2.91. The van der Waals surface area contributed by atoms with Gasteiger partial charge in [-0.25, -0.2) is 0 Å². The highest BCUT2D eigenvalue weighted by atomic mass is 15.1. The molecule has 0 saturated carbocycles. The summed E-state index contributed by atoms with van der Waals surface area (Å²) in [6, 6.07) is 9.24. The van der Waals surface area contributed by atoms with Crippen molar-refractivity contribution in [2.75, 3.05) is 26.2 Å². The second-order valence-corrected chi connectivity index (χ2v) is 5.79. The summed E-state index contributed by atoms with van der Waals surface area (Å²) in [6.45, 7) is 10.3. The second kappa shape index (κ2) is 7.66. The van der Waals surface area contributed by atoms with Crippen molar-refractivity contribution in [3.05, 3.63) is 35.4 Å². The molecule has 1 atom stereocenters. The van der Waals surface area contributed by atoms with Gasteiger partial charge in [-0.15, -0.1) is 0 Å². The summed E-state index contributed by atoms with van der Waals surface area (Å²) in [5, 5.41) is 3.42. The number of hydrogen-bond acceptors (Lipinski definition) is 2. The number of benzene rings is 1. The molecule has 1 aliphatic rings. The van der Waals surface area contributed by atoms with Gasteiger partial charge in [0.15, 0.2) is 0 Å². The van der Waals surface area contributed by atoms with E-state index in [1.807, 2.05) is 0 Å². The largest absolute Gasteiger partial charge is 0.316 e. The van der Waals surface area contributed by atoms with E-state index >= 15 is 0 Å². The van der Waals surface area contributed by atoms with E-state index in [1.54, 1.807) is 0 Å². The minimum atomic E-state index is 0.601. The highest BCUT2D eigenvalue weighted by Crippen LogP contribution is 2.17. The van der Waals surface area contributed by atoms with E-state index in [0.29, 0.717) is 5.92 Å². The predicted octanol–water partition coefficient (Wildman–Crippen LogP) is 3.39. The van der Waals surface area contributed by atoms with Gasteiger partial charge in [-0.3, -0.25) is 4.90 Å². The zero-order valence-electron chi connectivity index (χ0n) is 12.5. The van der Waals surface area contributed by atoms with Crippen LogP contribution in [0.3, 0.4) is 0 Å². The fourth-order valence-electron chi connectivity index (χ4n) is 2.81. The molecule has 0 aromatic heterocycles. The molecule has 0 aliphatic carbocycles. The Morgan fingerprint density at radius 1 is 1.11 bits per heavy atom. The summed E-state index contributed by atoms with van der Waals surface area (Å²) < 4.78 is 0. The molecule has 0 spiro atoms. The molecule has 0 radical (unpaired) electrons. The Morgan fingerprint density at radius 3 is 2.42 bits per heavy atom. The smallest absolute Gasteiger partial charge is 0.0233 e. The van der Waals surface area contributed by atoms with Crippen LogP contribution in [0.2, 0.25) is 0 Å². The first-order valence-corrected chi connectivity index (χ1v) is 7.81. The van der Waals surface area contributed by atoms with E-state index in [2.05, 4.69) is 48.3 Å². The monoisotopic (exact) mass is 260 g/mol. The number of nitrogens with zero attached hydrogens (tertiary/aromatic N) is 1. The molecular weight excluding hydrogens is 232 g/mol. The third kappa shape index (κ3) is 4.63. The Morgan fingerprint density at radius 2 is 1.79 bits per heavy atom. The van der Waals surface area contributed by atoms with E-state index < -0.39 is 0 Å². The predicted molar refractivity (Wildman–Crippen MR) is 82.5 cm³/mol. The normalized spacial score (nSPS) is 18.4. The molecule has 2 heteroatoms. The van der Waals surface area contributed by atoms with Crippen molar-refractivity contribution in [1.29, 1.82) is 0 Å². The van der Waals surface area contributed by atoms with Crippen molar-refractivity contribution in [3.8, 4) is 0 Å². The van der Waals surface area contributed by atoms with E-state index in [-0.39, 0.29) is 0 Å². The maximum atomic E-state index is 3.42. The van der Waals surface area contributed by atoms with Crippen LogP contribution in [-0.4, -0.2) is 31.1 Å². The molecule has 1 N–H and O–H groups in total. The van der Waals surface area contributed by atoms with Crippen molar-refractivity contribution >= 4 is 0 Å². The van der Waals surface area contributed by atoms with Crippen LogP contribution in [0, 0.1) is 0 Å². The van der Waals surface area contributed by atoms with Gasteiger partial charge in [0.25, 0.3) is 0 Å². The fourth-order valence-corrected chi connectivity index (χ4v) is 2.81. The van der Waals surface area contributed by atoms with Crippen LogP contribution in [0.4, 0.5) is 0 Å². The van der Waals surface area contributed by atoms with Crippen molar-refractivity contribution < 1.29 is 0 Å². The van der Waals surface area contributed by atoms with Gasteiger partial charge in [-0.1, -0.05) is 44.5 Å². The molecule has 0 amide bonds. The standard InChI is InChI=1S/C17H28N2/c1-3-18-13-15(2)17-9-7-16(8-10-17)14-19-11-5-4-6-12-19/h7-10,15,18H,3-6,11-14H2,1-2H3. The first-order valence-electron chi connectivity index (χ1n) is 7.81. The highest BCUT2D eigenvalue weighted by molar-refractivity contribution is 5.25. The minimum absolute atomic E-state index is 0.601. The van der Waals surface area contributed by atoms with Gasteiger partial charge in [0.2, 0.25) is 0 Å². The number of rotatable bonds is 6. The Bertz CT molecular complexity index is 352. The molecule has 2 nitrogen and oxygen atoms in total. The van der Waals surface area contributed by atoms with Crippen LogP contribution in [0.1, 0.15) is 50.2 Å². The van der Waals surface area contributed by atoms with E-state index in [4.69, 9.17) is 0 Å². The lowest BCUT2D eigenvalue weighted by molar-refractivity contribution is 0.221. The summed E-state index contributed by atoms with van der Waals surface area (Å²) >= 11 is 0. The number of likely N-dealkylation sites (N-methyl/N-ethyl adjacent to an activating group) is 1. The van der Waals surface area contributed by atoms with Crippen molar-refractivity contribution in [2.24, 2.45) is 0 Å². The highest BCUT2D eigenvalue weighted by Gasteiger charge is 2.10. The van der Waals surface area contributed by atoms with Crippen LogP contribution in [0.15, 0.2) is 24.3 Å². The topological polar surface area (TPSA) is 15.3 Å². The Balaban J connectivity index is 1.86. The molecule has 1 aliphatic heterocycles. The Labute approximate surface area is 118 Å². The van der Waals surface area contributed by atoms with Gasteiger partial charge in [0.1, 0.15) is 0 Å². The molecular formula is C17H28N2. The molecule has 1 aromatic carbocycles. The van der Waals surface area contributed by atoms with Crippen LogP contribution < -0.4 is 5.32 Å². The van der Waals surface area contributed by atoms with E-state index in [9.17, 15) is 0 Å². The second-order valence-electron chi connectivity index (χ2n) is 5.79. The maximum Gasteiger partial charge on any atom is 0.0233 e. The fraction of sp³-hybridized carbons (Fsp3) is 0.647. The molecule has 1 fully saturated rings. The molecule has 19 heavy (non-hydrogen) atoms. The van der Waals surface area contributed by atoms with Gasteiger partial charge in [-0.05, 0) is 49.5 Å². The molecule has 1 saturated heterocycles. The lowest BCUT2D eigenvalue weighted by Gasteiger charge is -2.26. The van der Waals surface area contributed by atoms with Crippen LogP contribution in [0.25, 0.3) is 0 Å². The number of piperidine rings is 1. The maximum absolute atomic E-state index is 3.42. The quantitative estimate of drug-likeness (QED) is 0.843. The lowest BCUT2D eigenvalue weighted by Crippen LogP contribution is -2.29. The average molecular weight is 260 g/mol. The molecule has 0 bridgehead atoms. The van der Waals surface area contributed by atoms with Gasteiger partial charge in [0.05, 0.1) is 0 Å². The lowest BCUT2D eigenvalue weighted by atomic mass is 9.99. The summed E-state index contributed by atoms with van der Waals surface area (Å²) in [5.74, 6) is 0.601. The molecule has 2 rings (SSSR count). The third-order valence-corrected chi connectivity index (χ3v) is 4.10. The molecule has 1 aromatic rings. The van der Waals surface area contributed by atoms with Crippen LogP contribution >= 0.6 is 0 Å². The van der Waals surface area contributed by atoms with Crippen LogP contribution in [0.5, 0.6) is 0 Å². The number of hydrogen-bond donors (Lipinski definition) is 1. The number of nitrogens with one attached hydrogen (secondary N) is 1. The van der Waals surface area contributed by atoms with Gasteiger partial charge in [-0.2, -0.15) is 0 Å². The summed E-state index contributed by atoms with van der Waals surface area (Å²) in [6.07, 6.45) is 4.16. The summed E-state index contributed by atoms with van der Waals surface area (Å²) in [4.78, 5) is 2.58. The molecule has 1 unspecified atom stereocenters. The SMILES string of the molecule is CCNCC(C)c1ccc(CN2CCCCC2)cc1. The van der Waals surface area contributed by atoms with E-state index in [1.165, 1.54) is 43.5 Å². The average Bonchev–Trinajstić information content (AvgIpc) is 2.46. The van der Waals surface area contributed by atoms with Crippen molar-refractivity contribution in [2.45, 2.75) is 45.6 Å². The minimum Gasteiger partial charge on any atom is -0.316 e. The van der Waals surface area contributed by atoms with Gasteiger partial charge in [0, 0.05) is 13.1 Å². The van der Waals surface area contributed by atoms with Gasteiger partial charge < -0.3 is 5.32 Å². The van der Waals surface area contributed by atoms with Gasteiger partial charge >= 0.3 is 0 Å². The zero-order valence-corrected chi connectivity index (χ0v) is 12.5. The van der Waals surface area contributed by atoms with Crippen LogP contribution in [-0.2, 0) is 6.54 Å². The first kappa shape index (κ1) is 14.5. The van der Waals surface area contributed by atoms with E-state index in [0.717, 1.165) is 19.6 Å². The summed E-state index contributed by atoms with van der Waals surface area (Å²) in [7, 11) is 0. The number of likely N-dealkylation sites (tertiary alicyclic amines) is 1. The molecule has 106 valence electrons. The van der Waals surface area contributed by atoms with Crippen molar-refractivity contribution in [3.63, 3.8) is 0 Å². The molecule has 1 heterocycles. The Hall–Kier alpha value is -0.860.